The van der Waals surface area contributed by atoms with Crippen LogP contribution >= 0.6 is 11.6 Å². The molecule has 0 bridgehead atoms. The fourth-order valence-corrected chi connectivity index (χ4v) is 2.83. The lowest BCUT2D eigenvalue weighted by molar-refractivity contribution is -0.384. The molecule has 0 aliphatic carbocycles. The first-order valence-electron chi connectivity index (χ1n) is 9.17. The highest BCUT2D eigenvalue weighted by atomic mass is 35.5. The summed E-state index contributed by atoms with van der Waals surface area (Å²) in [4.78, 5) is 22.5. The Bertz CT molecular complexity index is 1050. The van der Waals surface area contributed by atoms with Gasteiger partial charge in [0.25, 0.3) is 11.6 Å². The minimum Gasteiger partial charge on any atom is -0.484 e. The Morgan fingerprint density at radius 3 is 2.53 bits per heavy atom. The van der Waals surface area contributed by atoms with Crippen LogP contribution in [0.4, 0.5) is 17.1 Å². The van der Waals surface area contributed by atoms with Crippen molar-refractivity contribution >= 4 is 34.6 Å². The molecule has 0 radical (unpaired) electrons. The number of hydrogen-bond donors (Lipinski definition) is 2. The Morgan fingerprint density at radius 1 is 1.07 bits per heavy atom. The number of nitrogens with one attached hydrogen (secondary N) is 2. The van der Waals surface area contributed by atoms with E-state index in [0.717, 1.165) is 11.1 Å². The Labute approximate surface area is 178 Å². The molecule has 3 aromatic rings. The number of nitro groups is 1. The Kier molecular flexibility index (Phi) is 6.87. The zero-order valence-electron chi connectivity index (χ0n) is 16.2. The number of hydrogen-bond acceptors (Lipinski definition) is 5. The average molecular weight is 426 g/mol. The van der Waals surface area contributed by atoms with Gasteiger partial charge in [0.15, 0.2) is 6.61 Å². The van der Waals surface area contributed by atoms with Gasteiger partial charge in [-0.3, -0.25) is 14.9 Å². The third-order valence-corrected chi connectivity index (χ3v) is 4.71. The Balaban J connectivity index is 1.48. The van der Waals surface area contributed by atoms with Gasteiger partial charge in [0.2, 0.25) is 0 Å². The summed E-state index contributed by atoms with van der Waals surface area (Å²) in [5.41, 5.74) is 3.22. The van der Waals surface area contributed by atoms with E-state index < -0.39 is 4.92 Å². The monoisotopic (exact) mass is 425 g/mol. The minimum absolute atomic E-state index is 0.0370. The van der Waals surface area contributed by atoms with Gasteiger partial charge in [-0.15, -0.1) is 0 Å². The molecule has 30 heavy (non-hydrogen) atoms. The third-order valence-electron chi connectivity index (χ3n) is 4.30. The summed E-state index contributed by atoms with van der Waals surface area (Å²) in [6, 6.07) is 18.9. The highest BCUT2D eigenvalue weighted by molar-refractivity contribution is 6.31. The molecule has 8 heteroatoms. The van der Waals surface area contributed by atoms with Crippen LogP contribution in [0.5, 0.6) is 5.75 Å². The van der Waals surface area contributed by atoms with Gasteiger partial charge in [0.05, 0.1) is 4.92 Å². The number of rotatable bonds is 8. The van der Waals surface area contributed by atoms with Crippen LogP contribution < -0.4 is 15.4 Å². The summed E-state index contributed by atoms with van der Waals surface area (Å²) in [6.45, 7) is 2.26. The van der Waals surface area contributed by atoms with Crippen molar-refractivity contribution in [2.45, 2.75) is 13.5 Å². The van der Waals surface area contributed by atoms with E-state index in [1.54, 1.807) is 36.4 Å². The van der Waals surface area contributed by atoms with Crippen LogP contribution in [0, 0.1) is 17.0 Å². The third kappa shape index (κ3) is 5.96. The molecular weight excluding hydrogens is 406 g/mol. The zero-order chi connectivity index (χ0) is 21.5. The van der Waals surface area contributed by atoms with E-state index in [4.69, 9.17) is 16.3 Å². The number of non-ortho nitro benzene ring substituents is 1. The van der Waals surface area contributed by atoms with Crippen LogP contribution in [0.1, 0.15) is 11.1 Å². The standard InChI is InChI=1S/C22H20ClN3O4/c1-15-5-8-18(12-21(15)23)25-22(27)14-30-20-9-6-16(7-10-20)13-24-17-3-2-4-19(11-17)26(28)29/h2-12,24H,13-14H2,1H3,(H,25,27). The first-order valence-corrected chi connectivity index (χ1v) is 9.54. The fourth-order valence-electron chi connectivity index (χ4n) is 2.65. The van der Waals surface area contributed by atoms with E-state index in [9.17, 15) is 14.9 Å². The van der Waals surface area contributed by atoms with Crippen molar-refractivity contribution in [3.8, 4) is 5.75 Å². The minimum atomic E-state index is -0.430. The number of ether oxygens (including phenoxy) is 1. The molecule has 0 aliphatic heterocycles. The van der Waals surface area contributed by atoms with Crippen molar-refractivity contribution in [3.63, 3.8) is 0 Å². The number of aryl methyl sites for hydroxylation is 1. The zero-order valence-corrected chi connectivity index (χ0v) is 17.0. The second kappa shape index (κ2) is 9.76. The van der Waals surface area contributed by atoms with Crippen LogP contribution in [0.3, 0.4) is 0 Å². The Hall–Kier alpha value is -3.58. The van der Waals surface area contributed by atoms with Gasteiger partial charge in [-0.05, 0) is 48.4 Å². The van der Waals surface area contributed by atoms with Crippen molar-refractivity contribution in [1.29, 1.82) is 0 Å². The molecule has 0 saturated heterocycles. The lowest BCUT2D eigenvalue weighted by Crippen LogP contribution is -2.20. The molecule has 154 valence electrons. The highest BCUT2D eigenvalue weighted by Crippen LogP contribution is 2.21. The van der Waals surface area contributed by atoms with Crippen LogP contribution in [0.25, 0.3) is 0 Å². The number of nitro benzene ring substituents is 1. The van der Waals surface area contributed by atoms with Gasteiger partial charge in [-0.2, -0.15) is 0 Å². The molecule has 3 aromatic carbocycles. The van der Waals surface area contributed by atoms with Gasteiger partial charge in [0.1, 0.15) is 5.75 Å². The number of halogens is 1. The first-order chi connectivity index (χ1) is 14.4. The summed E-state index contributed by atoms with van der Waals surface area (Å²) in [5, 5.41) is 17.3. The fraction of sp³-hybridized carbons (Fsp3) is 0.136. The van der Waals surface area contributed by atoms with E-state index in [-0.39, 0.29) is 18.2 Å². The van der Waals surface area contributed by atoms with Crippen LogP contribution in [-0.2, 0) is 11.3 Å². The summed E-state index contributed by atoms with van der Waals surface area (Å²) >= 11 is 6.05. The maximum absolute atomic E-state index is 12.0. The lowest BCUT2D eigenvalue weighted by atomic mass is 10.2. The number of carbonyl (C=O) groups excluding carboxylic acids is 1. The van der Waals surface area contributed by atoms with E-state index >= 15 is 0 Å². The quantitative estimate of drug-likeness (QED) is 0.383. The van der Waals surface area contributed by atoms with Crippen molar-refractivity contribution in [2.75, 3.05) is 17.2 Å². The number of nitrogens with zero attached hydrogens (tertiary/aromatic N) is 1. The molecule has 3 rings (SSSR count). The maximum atomic E-state index is 12.0. The molecule has 0 spiro atoms. The van der Waals surface area contributed by atoms with Gasteiger partial charge in [-0.1, -0.05) is 35.9 Å². The van der Waals surface area contributed by atoms with Crippen molar-refractivity contribution < 1.29 is 14.5 Å². The summed E-state index contributed by atoms with van der Waals surface area (Å²) in [7, 11) is 0. The molecule has 0 atom stereocenters. The topological polar surface area (TPSA) is 93.5 Å². The molecule has 0 fully saturated rings. The molecule has 0 heterocycles. The lowest BCUT2D eigenvalue weighted by Gasteiger charge is -2.10. The summed E-state index contributed by atoms with van der Waals surface area (Å²) in [6.07, 6.45) is 0. The van der Waals surface area contributed by atoms with E-state index in [1.165, 1.54) is 12.1 Å². The van der Waals surface area contributed by atoms with Gasteiger partial charge < -0.3 is 15.4 Å². The largest absolute Gasteiger partial charge is 0.484 e. The predicted molar refractivity (Wildman–Crippen MR) is 117 cm³/mol. The average Bonchev–Trinajstić information content (AvgIpc) is 2.74. The number of benzene rings is 3. The second-order valence-corrected chi connectivity index (χ2v) is 7.01. The van der Waals surface area contributed by atoms with E-state index in [1.807, 2.05) is 25.1 Å². The second-order valence-electron chi connectivity index (χ2n) is 6.61. The molecule has 1 amide bonds. The van der Waals surface area contributed by atoms with Crippen LogP contribution in [0.15, 0.2) is 66.7 Å². The maximum Gasteiger partial charge on any atom is 0.271 e. The highest BCUT2D eigenvalue weighted by Gasteiger charge is 2.07. The number of anilines is 2. The van der Waals surface area contributed by atoms with Crippen molar-refractivity contribution in [2.24, 2.45) is 0 Å². The van der Waals surface area contributed by atoms with Crippen molar-refractivity contribution in [3.05, 3.63) is 93.0 Å². The first kappa shape index (κ1) is 21.1. The molecule has 0 saturated carbocycles. The van der Waals surface area contributed by atoms with Gasteiger partial charge in [-0.25, -0.2) is 0 Å². The normalized spacial score (nSPS) is 10.3. The summed E-state index contributed by atoms with van der Waals surface area (Å²) < 4.78 is 5.51. The molecule has 0 unspecified atom stereocenters. The SMILES string of the molecule is Cc1ccc(NC(=O)COc2ccc(CNc3cccc([N+](=O)[O-])c3)cc2)cc1Cl. The smallest absolute Gasteiger partial charge is 0.271 e. The number of carbonyl (C=O) groups is 1. The van der Waals surface area contributed by atoms with Crippen LogP contribution in [0.2, 0.25) is 5.02 Å². The number of amides is 1. The molecule has 7 nitrogen and oxygen atoms in total. The van der Waals surface area contributed by atoms with Gasteiger partial charge >= 0.3 is 0 Å². The summed E-state index contributed by atoms with van der Waals surface area (Å²) in [5.74, 6) is 0.275. The molecule has 0 aromatic heterocycles. The van der Waals surface area contributed by atoms with Crippen molar-refractivity contribution in [1.82, 2.24) is 0 Å². The molecule has 0 aliphatic rings. The van der Waals surface area contributed by atoms with Gasteiger partial charge in [0, 0.05) is 35.1 Å². The van der Waals surface area contributed by atoms with E-state index in [0.29, 0.717) is 28.7 Å². The van der Waals surface area contributed by atoms with E-state index in [2.05, 4.69) is 10.6 Å². The predicted octanol–water partition coefficient (Wildman–Crippen LogP) is 5.19. The Morgan fingerprint density at radius 2 is 1.83 bits per heavy atom. The molecular formula is C22H20ClN3O4. The van der Waals surface area contributed by atoms with Crippen LogP contribution in [-0.4, -0.2) is 17.4 Å². The molecule has 2 N–H and O–H groups in total.